The topological polar surface area (TPSA) is 71.5 Å². The van der Waals surface area contributed by atoms with E-state index in [2.05, 4.69) is 20.1 Å². The minimum absolute atomic E-state index is 0.772. The molecular formula is C22H19N5O. The van der Waals surface area contributed by atoms with Crippen LogP contribution in [0, 0.1) is 0 Å². The number of hydrogen-bond donors (Lipinski definition) is 2. The Bertz CT molecular complexity index is 1250. The Morgan fingerprint density at radius 3 is 2.86 bits per heavy atom. The van der Waals surface area contributed by atoms with Gasteiger partial charge >= 0.3 is 0 Å². The van der Waals surface area contributed by atoms with Crippen molar-refractivity contribution in [3.05, 3.63) is 84.6 Å². The number of H-pyrrole nitrogens is 2. The highest BCUT2D eigenvalue weighted by Gasteiger charge is 2.08. The number of aromatic amines is 2. The first-order chi connectivity index (χ1) is 13.7. The van der Waals surface area contributed by atoms with Crippen LogP contribution in [0.4, 0.5) is 0 Å². The van der Waals surface area contributed by atoms with Gasteiger partial charge in [0, 0.05) is 54.2 Å². The Hall–Kier alpha value is -3.80. The van der Waals surface area contributed by atoms with Gasteiger partial charge in [-0.3, -0.25) is 4.68 Å². The lowest BCUT2D eigenvalue weighted by atomic mass is 10.2. The number of hydrogen-bond acceptors (Lipinski definition) is 3. The van der Waals surface area contributed by atoms with Crippen molar-refractivity contribution in [1.82, 2.24) is 24.7 Å². The molecule has 2 N–H and O–H groups in total. The van der Waals surface area contributed by atoms with Gasteiger partial charge in [0.15, 0.2) is 0 Å². The SMILES string of the molecule is Cn1cc(Cc2cnc(-c3cccc(Oc4ccc5[nH]ccc5c4)c3)[nH]2)cn1. The first kappa shape index (κ1) is 16.4. The molecule has 2 aromatic carbocycles. The van der Waals surface area contributed by atoms with Crippen LogP contribution in [0.15, 0.2) is 73.3 Å². The second-order valence-electron chi connectivity index (χ2n) is 6.81. The number of benzene rings is 2. The maximum absolute atomic E-state index is 6.06. The first-order valence-electron chi connectivity index (χ1n) is 9.10. The minimum atomic E-state index is 0.772. The maximum atomic E-state index is 6.06. The molecule has 0 spiro atoms. The number of rotatable bonds is 5. The Balaban J connectivity index is 1.36. The summed E-state index contributed by atoms with van der Waals surface area (Å²) >= 11 is 0. The summed E-state index contributed by atoms with van der Waals surface area (Å²) in [5, 5.41) is 5.33. The summed E-state index contributed by atoms with van der Waals surface area (Å²) in [4.78, 5) is 11.1. The Morgan fingerprint density at radius 2 is 1.96 bits per heavy atom. The number of ether oxygens (including phenoxy) is 1. The highest BCUT2D eigenvalue weighted by atomic mass is 16.5. The third kappa shape index (κ3) is 3.27. The van der Waals surface area contributed by atoms with Crippen molar-refractivity contribution in [2.45, 2.75) is 6.42 Å². The molecule has 138 valence electrons. The van der Waals surface area contributed by atoms with Gasteiger partial charge in [-0.2, -0.15) is 5.10 Å². The van der Waals surface area contributed by atoms with Gasteiger partial charge in [0.1, 0.15) is 17.3 Å². The van der Waals surface area contributed by atoms with E-state index >= 15 is 0 Å². The van der Waals surface area contributed by atoms with Crippen molar-refractivity contribution in [1.29, 1.82) is 0 Å². The van der Waals surface area contributed by atoms with Crippen LogP contribution < -0.4 is 4.74 Å². The largest absolute Gasteiger partial charge is 0.457 e. The third-order valence-corrected chi connectivity index (χ3v) is 4.65. The van der Waals surface area contributed by atoms with E-state index in [1.807, 2.05) is 80.4 Å². The monoisotopic (exact) mass is 369 g/mol. The standard InChI is InChI=1S/C22H19N5O/c1-27-14-15(12-25-27)9-18-13-24-22(26-18)17-3-2-4-19(11-17)28-20-5-6-21-16(10-20)7-8-23-21/h2-8,10-14,23H,9H2,1H3,(H,24,26). The Labute approximate surface area is 161 Å². The van der Waals surface area contributed by atoms with Gasteiger partial charge in [-0.15, -0.1) is 0 Å². The lowest BCUT2D eigenvalue weighted by Gasteiger charge is -2.07. The molecule has 28 heavy (non-hydrogen) atoms. The molecule has 0 fully saturated rings. The van der Waals surface area contributed by atoms with E-state index in [-0.39, 0.29) is 0 Å². The van der Waals surface area contributed by atoms with E-state index in [4.69, 9.17) is 4.74 Å². The lowest BCUT2D eigenvalue weighted by molar-refractivity contribution is 0.483. The molecule has 0 bridgehead atoms. The molecule has 0 saturated heterocycles. The van der Waals surface area contributed by atoms with Crippen molar-refractivity contribution in [3.63, 3.8) is 0 Å². The van der Waals surface area contributed by atoms with E-state index in [1.54, 1.807) is 4.68 Å². The molecule has 5 rings (SSSR count). The number of nitrogens with zero attached hydrogens (tertiary/aromatic N) is 3. The molecular weight excluding hydrogens is 350 g/mol. The average molecular weight is 369 g/mol. The van der Waals surface area contributed by atoms with E-state index in [0.29, 0.717) is 0 Å². The lowest BCUT2D eigenvalue weighted by Crippen LogP contribution is -1.88. The summed E-state index contributed by atoms with van der Waals surface area (Å²) in [5.41, 5.74) is 4.28. The van der Waals surface area contributed by atoms with E-state index in [1.165, 1.54) is 0 Å². The average Bonchev–Trinajstić information content (AvgIpc) is 3.43. The van der Waals surface area contributed by atoms with E-state index in [0.717, 1.165) is 51.5 Å². The molecule has 0 unspecified atom stereocenters. The molecule has 0 aliphatic rings. The molecule has 3 aromatic heterocycles. The van der Waals surface area contributed by atoms with Crippen LogP contribution in [0.5, 0.6) is 11.5 Å². The fraction of sp³-hybridized carbons (Fsp3) is 0.0909. The van der Waals surface area contributed by atoms with Crippen LogP contribution in [0.3, 0.4) is 0 Å². The van der Waals surface area contributed by atoms with Crippen LogP contribution >= 0.6 is 0 Å². The van der Waals surface area contributed by atoms with Crippen molar-refractivity contribution in [2.24, 2.45) is 7.05 Å². The van der Waals surface area contributed by atoms with Crippen molar-refractivity contribution in [3.8, 4) is 22.9 Å². The van der Waals surface area contributed by atoms with Gasteiger partial charge in [0.2, 0.25) is 0 Å². The van der Waals surface area contributed by atoms with E-state index < -0.39 is 0 Å². The maximum Gasteiger partial charge on any atom is 0.137 e. The molecule has 0 aliphatic carbocycles. The molecule has 0 aliphatic heterocycles. The number of imidazole rings is 1. The fourth-order valence-electron chi connectivity index (χ4n) is 3.32. The Kier molecular flexibility index (Phi) is 3.94. The first-order valence-corrected chi connectivity index (χ1v) is 9.10. The van der Waals surface area contributed by atoms with Crippen LogP contribution in [0.2, 0.25) is 0 Å². The summed E-state index contributed by atoms with van der Waals surface area (Å²) in [6, 6.07) is 16.0. The summed E-state index contributed by atoms with van der Waals surface area (Å²) in [5.74, 6) is 2.41. The zero-order chi connectivity index (χ0) is 18.9. The van der Waals surface area contributed by atoms with Crippen LogP contribution in [-0.2, 0) is 13.5 Å². The molecule has 5 aromatic rings. The van der Waals surface area contributed by atoms with Gasteiger partial charge in [0.25, 0.3) is 0 Å². The Morgan fingerprint density at radius 1 is 1.04 bits per heavy atom. The van der Waals surface area contributed by atoms with Crippen molar-refractivity contribution >= 4 is 10.9 Å². The molecule has 3 heterocycles. The number of nitrogens with one attached hydrogen (secondary N) is 2. The third-order valence-electron chi connectivity index (χ3n) is 4.65. The molecule has 0 atom stereocenters. The van der Waals surface area contributed by atoms with Crippen LogP contribution in [-0.4, -0.2) is 24.7 Å². The zero-order valence-corrected chi connectivity index (χ0v) is 15.4. The minimum Gasteiger partial charge on any atom is -0.457 e. The van der Waals surface area contributed by atoms with Crippen molar-refractivity contribution in [2.75, 3.05) is 0 Å². The summed E-state index contributed by atoms with van der Waals surface area (Å²) in [7, 11) is 1.92. The molecule has 0 amide bonds. The number of fused-ring (bicyclic) bond motifs is 1. The van der Waals surface area contributed by atoms with Crippen molar-refractivity contribution < 1.29 is 4.74 Å². The van der Waals surface area contributed by atoms with Gasteiger partial charge < -0.3 is 14.7 Å². The molecule has 0 radical (unpaired) electrons. The van der Waals surface area contributed by atoms with Gasteiger partial charge in [-0.1, -0.05) is 12.1 Å². The fourth-order valence-corrected chi connectivity index (χ4v) is 3.32. The zero-order valence-electron chi connectivity index (χ0n) is 15.4. The molecule has 0 saturated carbocycles. The predicted octanol–water partition coefficient (Wildman–Crippen LogP) is 4.67. The van der Waals surface area contributed by atoms with Gasteiger partial charge in [-0.05, 0) is 42.0 Å². The highest BCUT2D eigenvalue weighted by molar-refractivity contribution is 5.80. The predicted molar refractivity (Wildman–Crippen MR) is 108 cm³/mol. The van der Waals surface area contributed by atoms with Gasteiger partial charge in [-0.25, -0.2) is 4.98 Å². The van der Waals surface area contributed by atoms with Gasteiger partial charge in [0.05, 0.1) is 6.20 Å². The summed E-state index contributed by atoms with van der Waals surface area (Å²) in [6.07, 6.45) is 8.45. The smallest absolute Gasteiger partial charge is 0.137 e. The quantitative estimate of drug-likeness (QED) is 0.473. The second-order valence-corrected chi connectivity index (χ2v) is 6.81. The normalized spacial score (nSPS) is 11.2. The molecule has 6 nitrogen and oxygen atoms in total. The van der Waals surface area contributed by atoms with Crippen LogP contribution in [0.25, 0.3) is 22.3 Å². The number of aromatic nitrogens is 5. The highest BCUT2D eigenvalue weighted by Crippen LogP contribution is 2.28. The summed E-state index contributed by atoms with van der Waals surface area (Å²) in [6.45, 7) is 0. The van der Waals surface area contributed by atoms with Crippen LogP contribution in [0.1, 0.15) is 11.3 Å². The summed E-state index contributed by atoms with van der Waals surface area (Å²) < 4.78 is 7.86. The van der Waals surface area contributed by atoms with E-state index in [9.17, 15) is 0 Å². The molecule has 6 heteroatoms. The second kappa shape index (κ2) is 6.74. The number of aryl methyl sites for hydroxylation is 1.